The Bertz CT molecular complexity index is 826. The number of rotatable bonds is 3. The molecule has 1 saturated carbocycles. The zero-order valence-electron chi connectivity index (χ0n) is 11.4. The molecule has 1 heterocycles. The van der Waals surface area contributed by atoms with Gasteiger partial charge in [-0.1, -0.05) is 0 Å². The zero-order valence-corrected chi connectivity index (χ0v) is 12.2. The van der Waals surface area contributed by atoms with Crippen LogP contribution in [-0.4, -0.2) is 24.2 Å². The van der Waals surface area contributed by atoms with Crippen LogP contribution >= 0.6 is 0 Å². The van der Waals surface area contributed by atoms with E-state index in [1.807, 2.05) is 10.6 Å². The van der Waals surface area contributed by atoms with Gasteiger partial charge in [-0.2, -0.15) is 5.26 Å². The third-order valence-corrected chi connectivity index (χ3v) is 5.26. The summed E-state index contributed by atoms with van der Waals surface area (Å²) in [6, 6.07) is 7.75. The fourth-order valence-electron chi connectivity index (χ4n) is 2.38. The molecule has 6 heteroatoms. The molecule has 0 N–H and O–H groups in total. The molecule has 0 saturated heterocycles. The van der Waals surface area contributed by atoms with Gasteiger partial charge in [0.1, 0.15) is 11.1 Å². The van der Waals surface area contributed by atoms with Crippen LogP contribution in [0.2, 0.25) is 0 Å². The Kier molecular flexibility index (Phi) is 2.83. The Balaban J connectivity index is 2.26. The standard InChI is InChI=1S/C14H15N3O2S/c1-9(20(2,18)19)14-16-12-7-10(8-15)3-6-13(12)17(14)11-4-5-11/h3,6-7,9,11H,4-5H2,1-2H3. The number of benzene rings is 1. The lowest BCUT2D eigenvalue weighted by molar-refractivity contribution is 0.583. The number of sulfone groups is 1. The van der Waals surface area contributed by atoms with Crippen molar-refractivity contribution in [3.05, 3.63) is 29.6 Å². The van der Waals surface area contributed by atoms with Gasteiger partial charge in [0, 0.05) is 12.3 Å². The Morgan fingerprint density at radius 2 is 2.15 bits per heavy atom. The Hall–Kier alpha value is -1.87. The molecule has 0 amide bonds. The zero-order chi connectivity index (χ0) is 14.5. The second-order valence-electron chi connectivity index (χ2n) is 5.36. The van der Waals surface area contributed by atoms with E-state index in [1.54, 1.807) is 19.1 Å². The Morgan fingerprint density at radius 1 is 1.45 bits per heavy atom. The van der Waals surface area contributed by atoms with Gasteiger partial charge >= 0.3 is 0 Å². The topological polar surface area (TPSA) is 75.8 Å². The summed E-state index contributed by atoms with van der Waals surface area (Å²) in [6.45, 7) is 1.67. The third-order valence-electron chi connectivity index (χ3n) is 3.76. The number of aromatic nitrogens is 2. The van der Waals surface area contributed by atoms with Gasteiger partial charge in [0.2, 0.25) is 0 Å². The van der Waals surface area contributed by atoms with Gasteiger partial charge in [0.25, 0.3) is 0 Å². The SMILES string of the molecule is CC(c1nc2cc(C#N)ccc2n1C1CC1)S(C)(=O)=O. The lowest BCUT2D eigenvalue weighted by Gasteiger charge is -2.12. The van der Waals surface area contributed by atoms with Crippen LogP contribution in [0.25, 0.3) is 11.0 Å². The van der Waals surface area contributed by atoms with Crippen LogP contribution in [0.3, 0.4) is 0 Å². The summed E-state index contributed by atoms with van der Waals surface area (Å²) in [5.41, 5.74) is 2.15. The molecule has 1 aliphatic carbocycles. The molecule has 0 aliphatic heterocycles. The summed E-state index contributed by atoms with van der Waals surface area (Å²) in [4.78, 5) is 4.48. The molecule has 20 heavy (non-hydrogen) atoms. The fraction of sp³-hybridized carbons (Fsp3) is 0.429. The molecule has 1 fully saturated rings. The highest BCUT2D eigenvalue weighted by molar-refractivity contribution is 7.90. The number of nitrogens with zero attached hydrogens (tertiary/aromatic N) is 3. The van der Waals surface area contributed by atoms with Crippen LogP contribution < -0.4 is 0 Å². The summed E-state index contributed by atoms with van der Waals surface area (Å²) in [5.74, 6) is 0.583. The highest BCUT2D eigenvalue weighted by Crippen LogP contribution is 2.41. The molecule has 3 rings (SSSR count). The van der Waals surface area contributed by atoms with Crippen molar-refractivity contribution >= 4 is 20.9 Å². The molecule has 1 atom stereocenters. The molecule has 1 unspecified atom stereocenters. The predicted molar refractivity (Wildman–Crippen MR) is 76.0 cm³/mol. The average Bonchev–Trinajstić information content (AvgIpc) is 3.16. The van der Waals surface area contributed by atoms with Crippen molar-refractivity contribution in [3.8, 4) is 6.07 Å². The number of hydrogen-bond donors (Lipinski definition) is 0. The van der Waals surface area contributed by atoms with E-state index in [-0.39, 0.29) is 0 Å². The van der Waals surface area contributed by atoms with Crippen molar-refractivity contribution in [1.29, 1.82) is 5.26 Å². The molecule has 1 aliphatic rings. The maximum atomic E-state index is 11.8. The van der Waals surface area contributed by atoms with Crippen molar-refractivity contribution in [1.82, 2.24) is 9.55 Å². The summed E-state index contributed by atoms with van der Waals surface area (Å²) < 4.78 is 25.7. The van der Waals surface area contributed by atoms with Crippen molar-refractivity contribution in [2.75, 3.05) is 6.26 Å². The van der Waals surface area contributed by atoms with Crippen LogP contribution in [-0.2, 0) is 9.84 Å². The highest BCUT2D eigenvalue weighted by Gasteiger charge is 2.32. The highest BCUT2D eigenvalue weighted by atomic mass is 32.2. The van der Waals surface area contributed by atoms with Crippen molar-refractivity contribution in [3.63, 3.8) is 0 Å². The fourth-order valence-corrected chi connectivity index (χ4v) is 2.93. The predicted octanol–water partition coefficient (Wildman–Crippen LogP) is 2.35. The third kappa shape index (κ3) is 2.08. The molecular weight excluding hydrogens is 274 g/mol. The minimum atomic E-state index is -3.20. The van der Waals surface area contributed by atoms with E-state index in [1.165, 1.54) is 6.26 Å². The summed E-state index contributed by atoms with van der Waals surface area (Å²) >= 11 is 0. The van der Waals surface area contributed by atoms with E-state index >= 15 is 0 Å². The summed E-state index contributed by atoms with van der Waals surface area (Å²) in [7, 11) is -3.20. The summed E-state index contributed by atoms with van der Waals surface area (Å²) in [6.07, 6.45) is 3.33. The second-order valence-corrected chi connectivity index (χ2v) is 7.72. The maximum Gasteiger partial charge on any atom is 0.157 e. The molecule has 0 radical (unpaired) electrons. The summed E-state index contributed by atoms with van der Waals surface area (Å²) in [5, 5.41) is 8.31. The average molecular weight is 289 g/mol. The number of imidazole rings is 1. The second kappa shape index (κ2) is 4.32. The first-order valence-corrected chi connectivity index (χ1v) is 8.48. The molecule has 104 valence electrons. The first-order chi connectivity index (χ1) is 9.41. The molecule has 5 nitrogen and oxygen atoms in total. The first kappa shape index (κ1) is 13.1. The van der Waals surface area contributed by atoms with Crippen molar-refractivity contribution in [2.24, 2.45) is 0 Å². The van der Waals surface area contributed by atoms with E-state index in [9.17, 15) is 8.42 Å². The normalized spacial score (nSPS) is 17.1. The molecule has 2 aromatic rings. The van der Waals surface area contributed by atoms with Gasteiger partial charge in [0.05, 0.1) is 22.7 Å². The lowest BCUT2D eigenvalue weighted by atomic mass is 10.2. The van der Waals surface area contributed by atoms with Gasteiger partial charge in [-0.05, 0) is 38.0 Å². The minimum absolute atomic E-state index is 0.340. The van der Waals surface area contributed by atoms with E-state index < -0.39 is 15.1 Å². The molecular formula is C14H15N3O2S. The van der Waals surface area contributed by atoms with Crippen molar-refractivity contribution in [2.45, 2.75) is 31.1 Å². The van der Waals surface area contributed by atoms with Gasteiger partial charge in [-0.15, -0.1) is 0 Å². The van der Waals surface area contributed by atoms with Gasteiger partial charge in [0.15, 0.2) is 9.84 Å². The molecule has 1 aromatic carbocycles. The van der Waals surface area contributed by atoms with Gasteiger partial charge < -0.3 is 4.57 Å². The van der Waals surface area contributed by atoms with E-state index in [4.69, 9.17) is 5.26 Å². The van der Waals surface area contributed by atoms with Crippen LogP contribution in [0.1, 0.15) is 42.4 Å². The molecule has 0 spiro atoms. The van der Waals surface area contributed by atoms with Crippen LogP contribution in [0.4, 0.5) is 0 Å². The minimum Gasteiger partial charge on any atom is -0.324 e. The largest absolute Gasteiger partial charge is 0.324 e. The van der Waals surface area contributed by atoms with Gasteiger partial charge in [-0.3, -0.25) is 0 Å². The van der Waals surface area contributed by atoms with Gasteiger partial charge in [-0.25, -0.2) is 13.4 Å². The van der Waals surface area contributed by atoms with Crippen molar-refractivity contribution < 1.29 is 8.42 Å². The Labute approximate surface area is 117 Å². The first-order valence-electron chi connectivity index (χ1n) is 6.52. The monoisotopic (exact) mass is 289 g/mol. The number of fused-ring (bicyclic) bond motifs is 1. The molecule has 1 aromatic heterocycles. The Morgan fingerprint density at radius 3 is 2.70 bits per heavy atom. The van der Waals surface area contributed by atoms with E-state index in [0.717, 1.165) is 18.4 Å². The smallest absolute Gasteiger partial charge is 0.157 e. The van der Waals surface area contributed by atoms with Crippen LogP contribution in [0.5, 0.6) is 0 Å². The van der Waals surface area contributed by atoms with Crippen LogP contribution in [0, 0.1) is 11.3 Å². The number of nitriles is 1. The van der Waals surface area contributed by atoms with E-state index in [2.05, 4.69) is 11.1 Å². The molecule has 0 bridgehead atoms. The van der Waals surface area contributed by atoms with Crippen LogP contribution in [0.15, 0.2) is 18.2 Å². The van der Waals surface area contributed by atoms with E-state index in [0.29, 0.717) is 22.9 Å². The lowest BCUT2D eigenvalue weighted by Crippen LogP contribution is -2.13. The quantitative estimate of drug-likeness (QED) is 0.869. The number of hydrogen-bond acceptors (Lipinski definition) is 4. The maximum absolute atomic E-state index is 11.8.